The molecule has 1 atom stereocenters. The van der Waals surface area contributed by atoms with Crippen molar-refractivity contribution in [3.05, 3.63) is 90.5 Å². The Morgan fingerprint density at radius 2 is 1.14 bits per heavy atom. The molecule has 0 aliphatic carbocycles. The molecule has 0 saturated heterocycles. The molecule has 0 N–H and O–H groups in total. The van der Waals surface area contributed by atoms with Crippen LogP contribution in [0.4, 0.5) is 30.7 Å². The number of alkyl halides is 7. The summed E-state index contributed by atoms with van der Waals surface area (Å²) in [6, 6.07) is 20.5. The minimum absolute atomic E-state index is 0.0143. The van der Waals surface area contributed by atoms with E-state index >= 15 is 8.78 Å². The van der Waals surface area contributed by atoms with Gasteiger partial charge in [-0.1, -0.05) is 89.1 Å². The third-order valence-corrected chi connectivity index (χ3v) is 11.9. The topological polar surface area (TPSA) is 43.4 Å². The molecule has 0 saturated carbocycles. The van der Waals surface area contributed by atoms with Gasteiger partial charge in [-0.15, -0.1) is 0 Å². The van der Waals surface area contributed by atoms with E-state index in [2.05, 4.69) is 0 Å². The van der Waals surface area contributed by atoms with Gasteiger partial charge < -0.3 is 0 Å². The van der Waals surface area contributed by atoms with E-state index < -0.39 is 50.1 Å². The van der Waals surface area contributed by atoms with Crippen LogP contribution in [0.3, 0.4) is 0 Å². The van der Waals surface area contributed by atoms with E-state index in [1.165, 1.54) is 67.6 Å². The summed E-state index contributed by atoms with van der Waals surface area (Å²) in [4.78, 5) is 0.0506. The first-order chi connectivity index (χ1) is 19.4. The first-order valence-corrected chi connectivity index (χ1v) is 16.1. The van der Waals surface area contributed by atoms with E-state index in [9.17, 15) is 30.4 Å². The minimum Gasteiger partial charge on any atom is -0.241 e. The molecule has 0 radical (unpaired) electrons. The molecular weight excluding hydrogens is 605 g/mol. The van der Waals surface area contributed by atoms with Gasteiger partial charge in [-0.2, -0.15) is 34.8 Å². The van der Waals surface area contributed by atoms with E-state index in [0.717, 1.165) is 5.56 Å². The van der Waals surface area contributed by atoms with E-state index in [4.69, 9.17) is 3.63 Å². The molecule has 0 aromatic heterocycles. The van der Waals surface area contributed by atoms with Gasteiger partial charge in [-0.3, -0.25) is 0 Å². The van der Waals surface area contributed by atoms with Crippen molar-refractivity contribution < 1.29 is 42.8 Å². The molecular formula is C30H33F7O3S2. The summed E-state index contributed by atoms with van der Waals surface area (Å²) in [6.45, 7) is 7.16. The highest BCUT2D eigenvalue weighted by atomic mass is 32.3. The van der Waals surface area contributed by atoms with E-state index in [1.807, 2.05) is 20.8 Å². The smallest absolute Gasteiger partial charge is 0.241 e. The Hall–Kier alpha value is -2.57. The molecule has 0 aliphatic rings. The zero-order valence-corrected chi connectivity index (χ0v) is 25.1. The monoisotopic (exact) mass is 638 g/mol. The lowest BCUT2D eigenvalue weighted by Gasteiger charge is -2.41. The SMILES string of the molecule is CCCCC(F)C(F)(F)C(F)(F)C(F)(F)S(=O)(=O)OS(c1ccccc1)(c1ccccc1)c1ccc(C(C)(C)C)cc1. The van der Waals surface area contributed by atoms with Crippen LogP contribution < -0.4 is 0 Å². The number of unbranched alkanes of at least 4 members (excludes halogenated alkanes) is 1. The van der Waals surface area contributed by atoms with Gasteiger partial charge in [0.1, 0.15) is 0 Å². The highest BCUT2D eigenvalue weighted by molar-refractivity contribution is 8.33. The number of hydrogen-bond acceptors (Lipinski definition) is 3. The van der Waals surface area contributed by atoms with Crippen molar-refractivity contribution in [3.8, 4) is 0 Å². The average molecular weight is 639 g/mol. The van der Waals surface area contributed by atoms with Gasteiger partial charge in [0.25, 0.3) is 0 Å². The van der Waals surface area contributed by atoms with Gasteiger partial charge in [0, 0.05) is 14.7 Å². The van der Waals surface area contributed by atoms with Crippen LogP contribution in [-0.4, -0.2) is 31.7 Å². The lowest BCUT2D eigenvalue weighted by molar-refractivity contribution is -0.300. The summed E-state index contributed by atoms with van der Waals surface area (Å²) in [5, 5.41) is -6.52. The summed E-state index contributed by atoms with van der Waals surface area (Å²) in [6.07, 6.45) is -5.08. The van der Waals surface area contributed by atoms with Gasteiger partial charge in [-0.25, -0.2) is 8.02 Å². The molecule has 3 aromatic rings. The van der Waals surface area contributed by atoms with E-state index in [-0.39, 0.29) is 32.9 Å². The van der Waals surface area contributed by atoms with Gasteiger partial charge in [-0.05, 0) is 64.1 Å². The molecule has 1 unspecified atom stereocenters. The Labute approximate surface area is 243 Å². The fourth-order valence-electron chi connectivity index (χ4n) is 4.19. The maximum absolute atomic E-state index is 15.4. The predicted octanol–water partition coefficient (Wildman–Crippen LogP) is 9.92. The van der Waals surface area contributed by atoms with Gasteiger partial charge in [0.05, 0.1) is 0 Å². The fraction of sp³-hybridized carbons (Fsp3) is 0.400. The molecule has 0 spiro atoms. The van der Waals surface area contributed by atoms with Crippen LogP contribution in [0.1, 0.15) is 52.5 Å². The average Bonchev–Trinajstić information content (AvgIpc) is 2.94. The Balaban J connectivity index is 2.29. The molecule has 3 aromatic carbocycles. The van der Waals surface area contributed by atoms with Crippen LogP contribution in [-0.2, 0) is 19.2 Å². The van der Waals surface area contributed by atoms with Crippen molar-refractivity contribution in [2.45, 2.75) is 90.3 Å². The summed E-state index contributed by atoms with van der Waals surface area (Å²) in [5.41, 5.74) is 0.408. The van der Waals surface area contributed by atoms with E-state index in [0.29, 0.717) is 0 Å². The number of rotatable bonds is 12. The lowest BCUT2D eigenvalue weighted by atomic mass is 9.87. The molecule has 3 rings (SSSR count). The van der Waals surface area contributed by atoms with Crippen LogP contribution in [0.15, 0.2) is 99.6 Å². The first-order valence-electron chi connectivity index (χ1n) is 13.1. The van der Waals surface area contributed by atoms with Crippen LogP contribution in [0.2, 0.25) is 0 Å². The van der Waals surface area contributed by atoms with Crippen LogP contribution in [0.25, 0.3) is 0 Å². The van der Waals surface area contributed by atoms with Crippen molar-refractivity contribution in [1.29, 1.82) is 0 Å². The third-order valence-electron chi connectivity index (χ3n) is 6.70. The van der Waals surface area contributed by atoms with Crippen molar-refractivity contribution in [3.63, 3.8) is 0 Å². The normalized spacial score (nSPS) is 14.9. The standard InChI is InChI=1S/C30H33F7O3S2/c1-5-6-17-26(31)28(32,33)29(34,35)30(36,37)42(38,39)40-41(23-13-9-7-10-14-23,24-15-11-8-12-16-24)25-20-18-22(19-21-25)27(2,3)4/h7-16,18-21,26H,5-6,17H2,1-4H3. The molecule has 0 aliphatic heterocycles. The minimum atomic E-state index is -6.89. The molecule has 42 heavy (non-hydrogen) atoms. The second-order valence-corrected chi connectivity index (χ2v) is 15.3. The van der Waals surface area contributed by atoms with Crippen LogP contribution >= 0.6 is 10.3 Å². The summed E-state index contributed by atoms with van der Waals surface area (Å²) in [5.74, 6) is -12.7. The predicted molar refractivity (Wildman–Crippen MR) is 150 cm³/mol. The molecule has 232 valence electrons. The van der Waals surface area contributed by atoms with Crippen molar-refractivity contribution >= 4 is 20.4 Å². The molecule has 12 heteroatoms. The lowest BCUT2D eigenvalue weighted by Crippen LogP contribution is -2.61. The number of hydrogen-bond donors (Lipinski definition) is 0. The zero-order chi connectivity index (χ0) is 31.6. The maximum Gasteiger partial charge on any atom is 0.439 e. The second-order valence-electron chi connectivity index (χ2n) is 10.8. The van der Waals surface area contributed by atoms with Gasteiger partial charge in [0.15, 0.2) is 6.17 Å². The largest absolute Gasteiger partial charge is 0.439 e. The number of halogens is 7. The Morgan fingerprint density at radius 3 is 1.55 bits per heavy atom. The van der Waals surface area contributed by atoms with Crippen LogP contribution in [0.5, 0.6) is 0 Å². The zero-order valence-electron chi connectivity index (χ0n) is 23.5. The quantitative estimate of drug-likeness (QED) is 0.186. The fourth-order valence-corrected chi connectivity index (χ4v) is 9.41. The van der Waals surface area contributed by atoms with E-state index in [1.54, 1.807) is 24.3 Å². The highest BCUT2D eigenvalue weighted by Crippen LogP contribution is 2.71. The summed E-state index contributed by atoms with van der Waals surface area (Å²) >= 11 is 0. The van der Waals surface area contributed by atoms with Gasteiger partial charge >= 0.3 is 27.2 Å². The molecule has 0 amide bonds. The summed E-state index contributed by atoms with van der Waals surface area (Å²) < 4.78 is 136. The maximum atomic E-state index is 15.4. The third kappa shape index (κ3) is 6.07. The van der Waals surface area contributed by atoms with Gasteiger partial charge in [0.2, 0.25) is 0 Å². The molecule has 0 fully saturated rings. The van der Waals surface area contributed by atoms with Crippen molar-refractivity contribution in [2.75, 3.05) is 0 Å². The molecule has 0 bridgehead atoms. The molecule has 3 nitrogen and oxygen atoms in total. The van der Waals surface area contributed by atoms with Crippen molar-refractivity contribution in [1.82, 2.24) is 0 Å². The molecule has 0 heterocycles. The van der Waals surface area contributed by atoms with Crippen LogP contribution in [0, 0.1) is 0 Å². The highest BCUT2D eigenvalue weighted by Gasteiger charge is 2.80. The Morgan fingerprint density at radius 1 is 0.714 bits per heavy atom. The number of benzene rings is 3. The Kier molecular flexibility index (Phi) is 9.86. The first kappa shape index (κ1) is 33.9. The summed E-state index contributed by atoms with van der Waals surface area (Å²) in [7, 11) is -10.7. The Bertz CT molecular complexity index is 1390. The van der Waals surface area contributed by atoms with Crippen molar-refractivity contribution in [2.24, 2.45) is 0 Å². The second kappa shape index (κ2) is 12.2.